The highest BCUT2D eigenvalue weighted by molar-refractivity contribution is 5.95. The molecule has 1 aliphatic rings. The Morgan fingerprint density at radius 1 is 1.12 bits per heavy atom. The van der Waals surface area contributed by atoms with Crippen LogP contribution in [0.5, 0.6) is 0 Å². The molecule has 1 aromatic carbocycles. The molecule has 5 nitrogen and oxygen atoms in total. The maximum Gasteiger partial charge on any atom is 0.306 e. The van der Waals surface area contributed by atoms with E-state index in [2.05, 4.69) is 10.6 Å². The molecule has 0 bridgehead atoms. The molecule has 1 aliphatic carbocycles. The van der Waals surface area contributed by atoms with Gasteiger partial charge in [0.05, 0.1) is 5.92 Å². The van der Waals surface area contributed by atoms with Crippen molar-refractivity contribution in [3.8, 4) is 0 Å². The van der Waals surface area contributed by atoms with Gasteiger partial charge in [-0.15, -0.1) is 0 Å². The molecule has 2 rings (SSSR count). The van der Waals surface area contributed by atoms with Crippen LogP contribution in [0.25, 0.3) is 0 Å². The molecule has 0 saturated heterocycles. The topological polar surface area (TPSA) is 78.4 Å². The minimum atomic E-state index is -0.684. The minimum Gasteiger partial charge on any atom is -0.481 e. The predicted octanol–water partition coefficient (Wildman–Crippen LogP) is 4.03. The van der Waals surface area contributed by atoms with Gasteiger partial charge in [0, 0.05) is 22.8 Å². The number of hydrogen-bond acceptors (Lipinski definition) is 3. The molecule has 0 heterocycles. The van der Waals surface area contributed by atoms with Crippen molar-refractivity contribution in [1.29, 1.82) is 0 Å². The molecule has 0 aromatic heterocycles. The van der Waals surface area contributed by atoms with Gasteiger partial charge in [0.15, 0.2) is 0 Å². The molecule has 0 atom stereocenters. The SMILES string of the molecule is Cc1ccc(NC2CCC(C(=O)O)CC2)cc1NC(=O)C(C)(C)C. The van der Waals surface area contributed by atoms with Crippen LogP contribution in [0.4, 0.5) is 11.4 Å². The lowest BCUT2D eigenvalue weighted by atomic mass is 9.86. The average Bonchev–Trinajstić information content (AvgIpc) is 2.50. The second kappa shape index (κ2) is 7.24. The molecular formula is C19H28N2O3. The summed E-state index contributed by atoms with van der Waals surface area (Å²) >= 11 is 0. The van der Waals surface area contributed by atoms with E-state index in [1.165, 1.54) is 0 Å². The summed E-state index contributed by atoms with van der Waals surface area (Å²) < 4.78 is 0. The smallest absolute Gasteiger partial charge is 0.306 e. The highest BCUT2D eigenvalue weighted by Gasteiger charge is 2.26. The van der Waals surface area contributed by atoms with Crippen molar-refractivity contribution in [2.75, 3.05) is 10.6 Å². The predicted molar refractivity (Wildman–Crippen MR) is 96.3 cm³/mol. The summed E-state index contributed by atoms with van der Waals surface area (Å²) in [6, 6.07) is 6.24. The highest BCUT2D eigenvalue weighted by atomic mass is 16.4. The number of aliphatic carboxylic acids is 1. The maximum absolute atomic E-state index is 12.2. The standard InChI is InChI=1S/C19H28N2O3/c1-12-5-8-15(11-16(12)21-18(24)19(2,3)4)20-14-9-6-13(7-10-14)17(22)23/h5,8,11,13-14,20H,6-7,9-10H2,1-4H3,(H,21,24)(H,22,23). The van der Waals surface area contributed by atoms with Crippen LogP contribution in [-0.4, -0.2) is 23.0 Å². The number of anilines is 2. The van der Waals surface area contributed by atoms with Crippen LogP contribution >= 0.6 is 0 Å². The number of rotatable bonds is 4. The lowest BCUT2D eigenvalue weighted by Gasteiger charge is -2.28. The van der Waals surface area contributed by atoms with Crippen LogP contribution in [0.2, 0.25) is 0 Å². The van der Waals surface area contributed by atoms with Gasteiger partial charge in [-0.2, -0.15) is 0 Å². The third-order valence-corrected chi connectivity index (χ3v) is 4.61. The molecule has 5 heteroatoms. The van der Waals surface area contributed by atoms with Crippen molar-refractivity contribution in [3.05, 3.63) is 23.8 Å². The zero-order valence-electron chi connectivity index (χ0n) is 15.0. The third kappa shape index (κ3) is 4.73. The summed E-state index contributed by atoms with van der Waals surface area (Å²) in [4.78, 5) is 23.2. The first kappa shape index (κ1) is 18.3. The largest absolute Gasteiger partial charge is 0.481 e. The van der Waals surface area contributed by atoms with Crippen molar-refractivity contribution in [1.82, 2.24) is 0 Å². The molecule has 1 amide bonds. The van der Waals surface area contributed by atoms with E-state index in [-0.39, 0.29) is 17.9 Å². The second-order valence-corrected chi connectivity index (χ2v) is 7.76. The summed E-state index contributed by atoms with van der Waals surface area (Å²) in [5, 5.41) is 15.5. The zero-order valence-corrected chi connectivity index (χ0v) is 15.0. The number of carboxylic acids is 1. The number of aryl methyl sites for hydroxylation is 1. The lowest BCUT2D eigenvalue weighted by Crippen LogP contribution is -2.29. The van der Waals surface area contributed by atoms with Crippen LogP contribution < -0.4 is 10.6 Å². The molecule has 0 unspecified atom stereocenters. The van der Waals surface area contributed by atoms with Crippen molar-refractivity contribution in [3.63, 3.8) is 0 Å². The second-order valence-electron chi connectivity index (χ2n) is 7.76. The van der Waals surface area contributed by atoms with Crippen LogP contribution in [0.15, 0.2) is 18.2 Å². The lowest BCUT2D eigenvalue weighted by molar-refractivity contribution is -0.142. The van der Waals surface area contributed by atoms with Crippen LogP contribution in [0.1, 0.15) is 52.0 Å². The van der Waals surface area contributed by atoms with Gasteiger partial charge in [-0.25, -0.2) is 0 Å². The minimum absolute atomic E-state index is 0.00952. The molecule has 1 saturated carbocycles. The summed E-state index contributed by atoms with van der Waals surface area (Å²) in [5.74, 6) is -0.900. The van der Waals surface area contributed by atoms with Gasteiger partial charge in [0.2, 0.25) is 5.91 Å². The van der Waals surface area contributed by atoms with Gasteiger partial charge >= 0.3 is 5.97 Å². The van der Waals surface area contributed by atoms with E-state index in [1.807, 2.05) is 45.9 Å². The van der Waals surface area contributed by atoms with Gasteiger partial charge in [0.1, 0.15) is 0 Å². The Labute approximate surface area is 143 Å². The normalized spacial score (nSPS) is 21.2. The van der Waals surface area contributed by atoms with Crippen LogP contribution in [0.3, 0.4) is 0 Å². The first-order chi connectivity index (χ1) is 11.2. The number of carbonyl (C=O) groups excluding carboxylic acids is 1. The Morgan fingerprint density at radius 3 is 2.29 bits per heavy atom. The summed E-state index contributed by atoms with van der Waals surface area (Å²) in [7, 11) is 0. The monoisotopic (exact) mass is 332 g/mol. The maximum atomic E-state index is 12.2. The van der Waals surface area contributed by atoms with E-state index < -0.39 is 11.4 Å². The summed E-state index contributed by atoms with van der Waals surface area (Å²) in [5.41, 5.74) is 2.36. The molecule has 24 heavy (non-hydrogen) atoms. The first-order valence-corrected chi connectivity index (χ1v) is 8.58. The molecule has 0 radical (unpaired) electrons. The number of amides is 1. The molecule has 132 valence electrons. The van der Waals surface area contributed by atoms with Gasteiger partial charge in [0.25, 0.3) is 0 Å². The van der Waals surface area contributed by atoms with E-state index in [9.17, 15) is 9.59 Å². The van der Waals surface area contributed by atoms with Gasteiger partial charge in [-0.3, -0.25) is 9.59 Å². The third-order valence-electron chi connectivity index (χ3n) is 4.61. The van der Waals surface area contributed by atoms with E-state index in [0.717, 1.165) is 29.8 Å². The van der Waals surface area contributed by atoms with E-state index in [4.69, 9.17) is 5.11 Å². The molecular weight excluding hydrogens is 304 g/mol. The highest BCUT2D eigenvalue weighted by Crippen LogP contribution is 2.29. The van der Waals surface area contributed by atoms with Gasteiger partial charge in [-0.05, 0) is 50.3 Å². The quantitative estimate of drug-likeness (QED) is 0.777. The fourth-order valence-corrected chi connectivity index (χ4v) is 2.88. The van der Waals surface area contributed by atoms with Crippen LogP contribution in [-0.2, 0) is 9.59 Å². The number of nitrogens with one attached hydrogen (secondary N) is 2. The Bertz CT molecular complexity index is 612. The first-order valence-electron chi connectivity index (χ1n) is 8.58. The van der Waals surface area contributed by atoms with Crippen LogP contribution in [0, 0.1) is 18.3 Å². The molecule has 0 aliphatic heterocycles. The summed E-state index contributed by atoms with van der Waals surface area (Å²) in [6.07, 6.45) is 3.14. The van der Waals surface area contributed by atoms with E-state index in [1.54, 1.807) is 0 Å². The Morgan fingerprint density at radius 2 is 1.75 bits per heavy atom. The molecule has 0 spiro atoms. The van der Waals surface area contributed by atoms with Crippen molar-refractivity contribution in [2.45, 2.75) is 59.4 Å². The average molecular weight is 332 g/mol. The fourth-order valence-electron chi connectivity index (χ4n) is 2.88. The van der Waals surface area contributed by atoms with Crippen molar-refractivity contribution in [2.24, 2.45) is 11.3 Å². The fraction of sp³-hybridized carbons (Fsp3) is 0.579. The number of benzene rings is 1. The Kier molecular flexibility index (Phi) is 5.52. The van der Waals surface area contributed by atoms with Crippen molar-refractivity contribution < 1.29 is 14.7 Å². The Hall–Kier alpha value is -2.04. The summed E-state index contributed by atoms with van der Waals surface area (Å²) in [6.45, 7) is 7.64. The van der Waals surface area contributed by atoms with Gasteiger partial charge in [-0.1, -0.05) is 26.8 Å². The molecule has 1 aromatic rings. The Balaban J connectivity index is 2.01. The van der Waals surface area contributed by atoms with E-state index in [0.29, 0.717) is 12.8 Å². The number of carbonyl (C=O) groups is 2. The number of carboxylic acid groups (broad SMARTS) is 1. The number of hydrogen-bond donors (Lipinski definition) is 3. The molecule has 3 N–H and O–H groups in total. The zero-order chi connectivity index (χ0) is 17.9. The molecule has 1 fully saturated rings. The van der Waals surface area contributed by atoms with E-state index >= 15 is 0 Å². The van der Waals surface area contributed by atoms with Gasteiger partial charge < -0.3 is 15.7 Å². The van der Waals surface area contributed by atoms with Crippen molar-refractivity contribution >= 4 is 23.3 Å².